The molecule has 0 bridgehead atoms. The zero-order chi connectivity index (χ0) is 17.6. The Morgan fingerprint density at radius 2 is 1.80 bits per heavy atom. The van der Waals surface area contributed by atoms with E-state index in [1.54, 1.807) is 0 Å². The molecule has 3 rings (SSSR count). The molecule has 136 valence electrons. The Bertz CT molecular complexity index is 582. The van der Waals surface area contributed by atoms with Crippen LogP contribution in [0.4, 0.5) is 0 Å². The van der Waals surface area contributed by atoms with Crippen LogP contribution in [0.3, 0.4) is 0 Å². The van der Waals surface area contributed by atoms with Crippen LogP contribution in [0.25, 0.3) is 0 Å². The van der Waals surface area contributed by atoms with Gasteiger partial charge in [-0.05, 0) is 50.2 Å². The lowest BCUT2D eigenvalue weighted by molar-refractivity contribution is -0.126. The molecule has 2 aliphatic rings. The van der Waals surface area contributed by atoms with Crippen molar-refractivity contribution in [1.29, 1.82) is 0 Å². The van der Waals surface area contributed by atoms with Crippen molar-refractivity contribution in [3.8, 4) is 0 Å². The molecular formula is C20H28N2O3. The Morgan fingerprint density at radius 3 is 2.48 bits per heavy atom. The van der Waals surface area contributed by atoms with Gasteiger partial charge in [0.2, 0.25) is 5.91 Å². The topological polar surface area (TPSA) is 69.6 Å². The number of carbonyl (C=O) groups is 2. The summed E-state index contributed by atoms with van der Waals surface area (Å²) in [6.45, 7) is 1.93. The van der Waals surface area contributed by atoms with Gasteiger partial charge in [0.05, 0.1) is 6.10 Å². The number of carbonyl (C=O) groups excluding carboxylic acids is 2. The van der Waals surface area contributed by atoms with Crippen molar-refractivity contribution in [1.82, 2.24) is 10.2 Å². The van der Waals surface area contributed by atoms with Crippen LogP contribution < -0.4 is 5.32 Å². The lowest BCUT2D eigenvalue weighted by Crippen LogP contribution is -2.44. The first-order valence-electron chi connectivity index (χ1n) is 9.43. The minimum Gasteiger partial charge on any atom is -0.393 e. The Morgan fingerprint density at radius 1 is 1.08 bits per heavy atom. The molecule has 1 aliphatic heterocycles. The monoisotopic (exact) mass is 344 g/mol. The van der Waals surface area contributed by atoms with Crippen LogP contribution in [-0.4, -0.2) is 47.6 Å². The maximum absolute atomic E-state index is 12.4. The van der Waals surface area contributed by atoms with Gasteiger partial charge in [-0.2, -0.15) is 0 Å². The summed E-state index contributed by atoms with van der Waals surface area (Å²) in [7, 11) is 0. The van der Waals surface area contributed by atoms with Crippen LogP contribution in [0.5, 0.6) is 0 Å². The second-order valence-corrected chi connectivity index (χ2v) is 7.36. The summed E-state index contributed by atoms with van der Waals surface area (Å²) in [6, 6.07) is 9.31. The second kappa shape index (κ2) is 8.48. The van der Waals surface area contributed by atoms with E-state index in [9.17, 15) is 14.7 Å². The highest BCUT2D eigenvalue weighted by Gasteiger charge is 2.28. The highest BCUT2D eigenvalue weighted by molar-refractivity contribution is 5.94. The van der Waals surface area contributed by atoms with E-state index in [-0.39, 0.29) is 23.8 Å². The molecule has 1 saturated heterocycles. The molecule has 25 heavy (non-hydrogen) atoms. The normalized spacial score (nSPS) is 24.8. The lowest BCUT2D eigenvalue weighted by Gasteiger charge is -2.32. The van der Waals surface area contributed by atoms with Crippen molar-refractivity contribution >= 4 is 11.8 Å². The van der Waals surface area contributed by atoms with E-state index in [2.05, 4.69) is 5.32 Å². The van der Waals surface area contributed by atoms with E-state index < -0.39 is 0 Å². The molecule has 1 aromatic carbocycles. The van der Waals surface area contributed by atoms with Crippen molar-refractivity contribution in [3.05, 3.63) is 35.9 Å². The number of nitrogens with zero attached hydrogens (tertiary/aromatic N) is 1. The van der Waals surface area contributed by atoms with Gasteiger partial charge in [0, 0.05) is 31.1 Å². The van der Waals surface area contributed by atoms with E-state index in [0.717, 1.165) is 38.5 Å². The molecule has 2 amide bonds. The number of rotatable bonds is 4. The number of hydrogen-bond donors (Lipinski definition) is 2. The number of piperidine rings is 1. The number of likely N-dealkylation sites (tertiary alicyclic amines) is 1. The summed E-state index contributed by atoms with van der Waals surface area (Å²) in [5.41, 5.74) is 0.709. The number of benzene rings is 1. The molecule has 0 radical (unpaired) electrons. The van der Waals surface area contributed by atoms with Crippen LogP contribution in [-0.2, 0) is 4.79 Å². The minimum absolute atomic E-state index is 0.00617. The molecular weight excluding hydrogens is 316 g/mol. The molecule has 2 unspecified atom stereocenters. The van der Waals surface area contributed by atoms with E-state index in [0.29, 0.717) is 31.1 Å². The fourth-order valence-electron chi connectivity index (χ4n) is 3.95. The summed E-state index contributed by atoms with van der Waals surface area (Å²) >= 11 is 0. The summed E-state index contributed by atoms with van der Waals surface area (Å²) in [5, 5.41) is 12.8. The molecule has 5 nitrogen and oxygen atoms in total. The Kier molecular flexibility index (Phi) is 6.08. The van der Waals surface area contributed by atoms with Gasteiger partial charge in [-0.3, -0.25) is 9.59 Å². The standard InChI is InChI=1S/C20H28N2O3/c23-18-8-4-5-15(13-18)14-21-19(24)16-9-11-22(12-10-16)20(25)17-6-2-1-3-7-17/h1-3,6-7,15-16,18,23H,4-5,8-14H2,(H,21,24). The fourth-order valence-corrected chi connectivity index (χ4v) is 3.95. The fraction of sp³-hybridized carbons (Fsp3) is 0.600. The first kappa shape index (κ1) is 17.9. The second-order valence-electron chi connectivity index (χ2n) is 7.36. The molecule has 2 fully saturated rings. The number of amides is 2. The van der Waals surface area contributed by atoms with Crippen molar-refractivity contribution in [2.45, 2.75) is 44.6 Å². The van der Waals surface area contributed by atoms with E-state index in [4.69, 9.17) is 0 Å². The Labute approximate surface area is 149 Å². The van der Waals surface area contributed by atoms with Gasteiger partial charge in [-0.1, -0.05) is 24.6 Å². The van der Waals surface area contributed by atoms with Crippen molar-refractivity contribution in [2.24, 2.45) is 11.8 Å². The Balaban J connectivity index is 1.42. The largest absolute Gasteiger partial charge is 0.393 e. The number of nitrogens with one attached hydrogen (secondary N) is 1. The van der Waals surface area contributed by atoms with Crippen molar-refractivity contribution in [3.63, 3.8) is 0 Å². The van der Waals surface area contributed by atoms with Gasteiger partial charge in [0.15, 0.2) is 0 Å². The number of aliphatic hydroxyl groups is 1. The smallest absolute Gasteiger partial charge is 0.253 e. The van der Waals surface area contributed by atoms with Gasteiger partial charge in [-0.25, -0.2) is 0 Å². The van der Waals surface area contributed by atoms with Crippen LogP contribution in [0.1, 0.15) is 48.9 Å². The molecule has 0 spiro atoms. The summed E-state index contributed by atoms with van der Waals surface area (Å²) < 4.78 is 0. The van der Waals surface area contributed by atoms with Gasteiger partial charge >= 0.3 is 0 Å². The minimum atomic E-state index is -0.206. The zero-order valence-electron chi connectivity index (χ0n) is 14.7. The molecule has 2 atom stereocenters. The van der Waals surface area contributed by atoms with Crippen molar-refractivity contribution < 1.29 is 14.7 Å². The summed E-state index contributed by atoms with van der Waals surface area (Å²) in [5.74, 6) is 0.545. The molecule has 2 N–H and O–H groups in total. The SMILES string of the molecule is O=C(NCC1CCCC(O)C1)C1CCN(C(=O)c2ccccc2)CC1. The van der Waals surface area contributed by atoms with Gasteiger partial charge < -0.3 is 15.3 Å². The number of hydrogen-bond acceptors (Lipinski definition) is 3. The molecule has 5 heteroatoms. The van der Waals surface area contributed by atoms with Crippen LogP contribution in [0, 0.1) is 11.8 Å². The van der Waals surface area contributed by atoms with Crippen LogP contribution in [0.2, 0.25) is 0 Å². The molecule has 0 aromatic heterocycles. The third kappa shape index (κ3) is 4.82. The lowest BCUT2D eigenvalue weighted by atomic mass is 9.87. The van der Waals surface area contributed by atoms with Gasteiger partial charge in [0.25, 0.3) is 5.91 Å². The summed E-state index contributed by atoms with van der Waals surface area (Å²) in [4.78, 5) is 26.7. The van der Waals surface area contributed by atoms with E-state index >= 15 is 0 Å². The average Bonchev–Trinajstić information content (AvgIpc) is 2.66. The van der Waals surface area contributed by atoms with Gasteiger partial charge in [-0.15, -0.1) is 0 Å². The Hall–Kier alpha value is -1.88. The van der Waals surface area contributed by atoms with Crippen LogP contribution in [0.15, 0.2) is 30.3 Å². The third-order valence-corrected chi connectivity index (χ3v) is 5.49. The predicted molar refractivity (Wildman–Crippen MR) is 96.0 cm³/mol. The molecule has 1 aromatic rings. The predicted octanol–water partition coefficient (Wildman–Crippen LogP) is 2.21. The third-order valence-electron chi connectivity index (χ3n) is 5.49. The first-order valence-corrected chi connectivity index (χ1v) is 9.43. The quantitative estimate of drug-likeness (QED) is 0.880. The average molecular weight is 344 g/mol. The number of aliphatic hydroxyl groups excluding tert-OH is 1. The van der Waals surface area contributed by atoms with E-state index in [1.807, 2.05) is 35.2 Å². The van der Waals surface area contributed by atoms with E-state index in [1.165, 1.54) is 0 Å². The first-order chi connectivity index (χ1) is 12.1. The van der Waals surface area contributed by atoms with Crippen molar-refractivity contribution in [2.75, 3.05) is 19.6 Å². The van der Waals surface area contributed by atoms with Gasteiger partial charge in [0.1, 0.15) is 0 Å². The summed E-state index contributed by atoms with van der Waals surface area (Å²) in [6.07, 6.45) is 5.05. The zero-order valence-corrected chi connectivity index (χ0v) is 14.7. The molecule has 1 saturated carbocycles. The molecule has 1 aliphatic carbocycles. The maximum atomic E-state index is 12.4. The van der Waals surface area contributed by atoms with Crippen LogP contribution >= 0.6 is 0 Å². The highest BCUT2D eigenvalue weighted by atomic mass is 16.3. The maximum Gasteiger partial charge on any atom is 0.253 e. The highest BCUT2D eigenvalue weighted by Crippen LogP contribution is 2.24. The molecule has 1 heterocycles.